The van der Waals surface area contributed by atoms with Crippen molar-refractivity contribution in [3.8, 4) is 16.9 Å². The molecule has 3 heterocycles. The molecule has 0 aliphatic rings. The molecule has 0 aliphatic carbocycles. The van der Waals surface area contributed by atoms with Crippen LogP contribution in [0.15, 0.2) is 79.3 Å². The van der Waals surface area contributed by atoms with Crippen LogP contribution < -0.4 is 10.0 Å². The number of benzene rings is 2. The van der Waals surface area contributed by atoms with Crippen LogP contribution in [0.4, 0.5) is 11.5 Å². The fraction of sp³-hybridized carbons (Fsp3) is 0.0833. The van der Waals surface area contributed by atoms with E-state index in [1.54, 1.807) is 53.5 Å². The van der Waals surface area contributed by atoms with E-state index in [1.165, 1.54) is 10.7 Å². The first kappa shape index (κ1) is 22.3. The molecule has 2 aromatic carbocycles. The van der Waals surface area contributed by atoms with Crippen LogP contribution in [0.25, 0.3) is 22.6 Å². The summed E-state index contributed by atoms with van der Waals surface area (Å²) in [6, 6.07) is 18.1. The van der Waals surface area contributed by atoms with Crippen LogP contribution in [0.5, 0.6) is 0 Å². The first-order valence-electron chi connectivity index (χ1n) is 10.6. The Labute approximate surface area is 201 Å². The Morgan fingerprint density at radius 1 is 1.03 bits per heavy atom. The predicted octanol–water partition coefficient (Wildman–Crippen LogP) is 3.51. The molecule has 10 nitrogen and oxygen atoms in total. The molecule has 176 valence electrons. The number of nitrogens with zero attached hydrogens (tertiary/aromatic N) is 5. The molecule has 0 unspecified atom stereocenters. The average Bonchev–Trinajstić information content (AvgIpc) is 3.44. The molecular formula is C24H21N7O3S. The van der Waals surface area contributed by atoms with Crippen LogP contribution >= 0.6 is 0 Å². The second-order valence-corrected chi connectivity index (χ2v) is 9.76. The monoisotopic (exact) mass is 487 g/mol. The zero-order chi connectivity index (χ0) is 24.6. The van der Waals surface area contributed by atoms with Gasteiger partial charge in [0.15, 0.2) is 5.65 Å². The molecule has 0 radical (unpaired) electrons. The van der Waals surface area contributed by atoms with Crippen LogP contribution in [0.1, 0.15) is 15.9 Å². The van der Waals surface area contributed by atoms with Crippen molar-refractivity contribution < 1.29 is 13.2 Å². The third-order valence-corrected chi connectivity index (χ3v) is 5.84. The minimum Gasteiger partial charge on any atom is -0.306 e. The van der Waals surface area contributed by atoms with Gasteiger partial charge >= 0.3 is 0 Å². The summed E-state index contributed by atoms with van der Waals surface area (Å²) in [4.78, 5) is 17.4. The van der Waals surface area contributed by atoms with Gasteiger partial charge in [0.25, 0.3) is 5.91 Å². The highest BCUT2D eigenvalue weighted by molar-refractivity contribution is 7.92. The zero-order valence-electron chi connectivity index (χ0n) is 18.9. The summed E-state index contributed by atoms with van der Waals surface area (Å²) in [5.41, 5.74) is 4.44. The van der Waals surface area contributed by atoms with Crippen molar-refractivity contribution >= 4 is 33.1 Å². The van der Waals surface area contributed by atoms with Crippen molar-refractivity contribution in [3.05, 3.63) is 90.4 Å². The Morgan fingerprint density at radius 3 is 2.49 bits per heavy atom. The summed E-state index contributed by atoms with van der Waals surface area (Å²) >= 11 is 0. The third kappa shape index (κ3) is 4.75. The molecule has 5 rings (SSSR count). The van der Waals surface area contributed by atoms with E-state index in [4.69, 9.17) is 5.10 Å². The Kier molecular flexibility index (Phi) is 5.53. The lowest BCUT2D eigenvalue weighted by molar-refractivity contribution is 0.102. The highest BCUT2D eigenvalue weighted by Gasteiger charge is 2.18. The quantitative estimate of drug-likeness (QED) is 0.378. The van der Waals surface area contributed by atoms with Gasteiger partial charge in [-0.2, -0.15) is 10.2 Å². The highest BCUT2D eigenvalue weighted by Crippen LogP contribution is 2.27. The summed E-state index contributed by atoms with van der Waals surface area (Å²) in [7, 11) is -3.38. The minimum absolute atomic E-state index is 0.333. The number of nitrogens with one attached hydrogen (secondary N) is 2. The lowest BCUT2D eigenvalue weighted by atomic mass is 10.1. The molecule has 5 aromatic rings. The molecule has 0 saturated carbocycles. The molecule has 0 spiro atoms. The van der Waals surface area contributed by atoms with E-state index in [-0.39, 0.29) is 5.91 Å². The maximum absolute atomic E-state index is 13.1. The fourth-order valence-corrected chi connectivity index (χ4v) is 4.15. The van der Waals surface area contributed by atoms with Gasteiger partial charge in [0.2, 0.25) is 10.0 Å². The van der Waals surface area contributed by atoms with Gasteiger partial charge in [-0.25, -0.2) is 22.6 Å². The van der Waals surface area contributed by atoms with Gasteiger partial charge in [0.05, 0.1) is 23.8 Å². The zero-order valence-corrected chi connectivity index (χ0v) is 19.7. The van der Waals surface area contributed by atoms with Crippen LogP contribution in [0, 0.1) is 6.92 Å². The van der Waals surface area contributed by atoms with Crippen molar-refractivity contribution in [3.63, 3.8) is 0 Å². The van der Waals surface area contributed by atoms with Crippen molar-refractivity contribution in [2.45, 2.75) is 6.92 Å². The van der Waals surface area contributed by atoms with Crippen molar-refractivity contribution in [1.82, 2.24) is 24.4 Å². The largest absolute Gasteiger partial charge is 0.306 e. The van der Waals surface area contributed by atoms with Crippen molar-refractivity contribution in [2.24, 2.45) is 0 Å². The highest BCUT2D eigenvalue weighted by atomic mass is 32.2. The number of sulfonamides is 1. The lowest BCUT2D eigenvalue weighted by Gasteiger charge is -2.08. The predicted molar refractivity (Wildman–Crippen MR) is 133 cm³/mol. The summed E-state index contributed by atoms with van der Waals surface area (Å²) in [6.45, 7) is 1.99. The first-order valence-corrected chi connectivity index (χ1v) is 12.5. The van der Waals surface area contributed by atoms with Crippen LogP contribution in [-0.2, 0) is 10.0 Å². The van der Waals surface area contributed by atoms with E-state index in [2.05, 4.69) is 20.1 Å². The number of carbonyl (C=O) groups is 1. The number of fused-ring (bicyclic) bond motifs is 1. The number of anilines is 2. The Morgan fingerprint density at radius 2 is 1.77 bits per heavy atom. The topological polar surface area (TPSA) is 123 Å². The van der Waals surface area contributed by atoms with Gasteiger partial charge in [-0.1, -0.05) is 29.8 Å². The van der Waals surface area contributed by atoms with E-state index in [0.717, 1.165) is 23.1 Å². The molecule has 0 bridgehead atoms. The number of aryl methyl sites for hydroxylation is 1. The molecule has 3 aromatic heterocycles. The number of amides is 1. The molecular weight excluding hydrogens is 466 g/mol. The van der Waals surface area contributed by atoms with Crippen molar-refractivity contribution in [1.29, 1.82) is 0 Å². The summed E-state index contributed by atoms with van der Waals surface area (Å²) < 4.78 is 28.6. The average molecular weight is 488 g/mol. The molecule has 35 heavy (non-hydrogen) atoms. The SMILES string of the molecule is Cc1ccc(-n2nc(-c3ccc(NS(C)(=O)=O)cc3)cc2NC(=O)c2cnn3cccnc23)cc1. The van der Waals surface area contributed by atoms with Gasteiger partial charge in [-0.15, -0.1) is 0 Å². The number of aromatic nitrogens is 5. The van der Waals surface area contributed by atoms with E-state index in [0.29, 0.717) is 28.4 Å². The van der Waals surface area contributed by atoms with E-state index < -0.39 is 10.0 Å². The maximum atomic E-state index is 13.1. The number of hydrogen-bond donors (Lipinski definition) is 2. The van der Waals surface area contributed by atoms with Gasteiger partial charge in [0.1, 0.15) is 11.4 Å². The molecule has 0 atom stereocenters. The van der Waals surface area contributed by atoms with Gasteiger partial charge in [-0.3, -0.25) is 9.52 Å². The summed E-state index contributed by atoms with van der Waals surface area (Å²) in [6.07, 6.45) is 5.89. The van der Waals surface area contributed by atoms with E-state index in [9.17, 15) is 13.2 Å². The van der Waals surface area contributed by atoms with Crippen molar-refractivity contribution in [2.75, 3.05) is 16.3 Å². The smallest absolute Gasteiger partial charge is 0.262 e. The van der Waals surface area contributed by atoms with E-state index in [1.807, 2.05) is 31.2 Å². The Hall–Kier alpha value is -4.51. The Bertz CT molecular complexity index is 1640. The standard InChI is InChI=1S/C24H21N7O3S/c1-16-4-10-19(11-5-16)31-22(27-24(32)20-15-26-30-13-3-12-25-23(20)30)14-21(28-31)17-6-8-18(9-7-17)29-35(2,33)34/h3-15,29H,1-2H3,(H,27,32). The molecule has 11 heteroatoms. The van der Waals surface area contributed by atoms with Gasteiger partial charge in [0, 0.05) is 29.7 Å². The number of rotatable bonds is 6. The van der Waals surface area contributed by atoms with Gasteiger partial charge in [-0.05, 0) is 37.3 Å². The summed E-state index contributed by atoms with van der Waals surface area (Å²) in [5, 5.41) is 11.8. The van der Waals surface area contributed by atoms with Crippen LogP contribution in [0.2, 0.25) is 0 Å². The van der Waals surface area contributed by atoms with Crippen LogP contribution in [-0.4, -0.2) is 45.0 Å². The van der Waals surface area contributed by atoms with E-state index >= 15 is 0 Å². The third-order valence-electron chi connectivity index (χ3n) is 5.24. The normalized spacial score (nSPS) is 11.5. The minimum atomic E-state index is -3.38. The number of carbonyl (C=O) groups excluding carboxylic acids is 1. The lowest BCUT2D eigenvalue weighted by Crippen LogP contribution is -2.15. The summed E-state index contributed by atoms with van der Waals surface area (Å²) in [5.74, 6) is 0.0914. The molecule has 0 aliphatic heterocycles. The maximum Gasteiger partial charge on any atom is 0.262 e. The fourth-order valence-electron chi connectivity index (χ4n) is 3.59. The van der Waals surface area contributed by atoms with Crippen LogP contribution in [0.3, 0.4) is 0 Å². The first-order chi connectivity index (χ1) is 16.8. The molecule has 0 fully saturated rings. The van der Waals surface area contributed by atoms with Gasteiger partial charge < -0.3 is 5.32 Å². The second-order valence-electron chi connectivity index (χ2n) is 8.01. The Balaban J connectivity index is 1.52. The number of hydrogen-bond acceptors (Lipinski definition) is 6. The molecule has 2 N–H and O–H groups in total. The molecule has 1 amide bonds. The second kappa shape index (κ2) is 8.69. The molecule has 0 saturated heterocycles.